The fraction of sp³-hybridized carbons (Fsp3) is 0.130. The van der Waals surface area contributed by atoms with Gasteiger partial charge in [-0.2, -0.15) is 0 Å². The van der Waals surface area contributed by atoms with E-state index in [1.165, 1.54) is 12.1 Å². The summed E-state index contributed by atoms with van der Waals surface area (Å²) in [6, 6.07) is 20.1. The molecule has 0 saturated carbocycles. The van der Waals surface area contributed by atoms with Gasteiger partial charge in [0, 0.05) is 11.3 Å². The molecule has 1 heterocycles. The number of carbonyl (C=O) groups is 2. The van der Waals surface area contributed by atoms with Crippen LogP contribution in [0.2, 0.25) is 0 Å². The fourth-order valence-electron chi connectivity index (χ4n) is 3.21. The molecule has 1 aliphatic heterocycles. The van der Waals surface area contributed by atoms with Crippen molar-refractivity contribution in [1.29, 1.82) is 0 Å². The number of carbonyl (C=O) groups excluding carboxylic acids is 2. The van der Waals surface area contributed by atoms with E-state index >= 15 is 0 Å². The number of nitrogens with one attached hydrogen (secondary N) is 1. The maximum atomic E-state index is 13.2. The average Bonchev–Trinajstić information content (AvgIpc) is 2.74. The number of benzene rings is 3. The Labute approximate surface area is 167 Å². The molecule has 1 atom stereocenters. The van der Waals surface area contributed by atoms with E-state index in [1.54, 1.807) is 66.4 Å². The van der Waals surface area contributed by atoms with Crippen LogP contribution in [0.4, 0.5) is 15.8 Å². The van der Waals surface area contributed by atoms with Gasteiger partial charge in [0.05, 0.1) is 12.2 Å². The summed E-state index contributed by atoms with van der Waals surface area (Å²) in [7, 11) is 0. The van der Waals surface area contributed by atoms with Crippen LogP contribution in [0, 0.1) is 5.82 Å². The van der Waals surface area contributed by atoms with Gasteiger partial charge in [-0.05, 0) is 55.0 Å². The Morgan fingerprint density at radius 3 is 2.52 bits per heavy atom. The Kier molecular flexibility index (Phi) is 4.99. The summed E-state index contributed by atoms with van der Waals surface area (Å²) in [5.41, 5.74) is 2.43. The van der Waals surface area contributed by atoms with Gasteiger partial charge < -0.3 is 15.0 Å². The highest BCUT2D eigenvalue weighted by molar-refractivity contribution is 6.05. The van der Waals surface area contributed by atoms with Crippen molar-refractivity contribution in [2.75, 3.05) is 10.2 Å². The number of halogens is 1. The van der Waals surface area contributed by atoms with Crippen molar-refractivity contribution in [2.24, 2.45) is 0 Å². The summed E-state index contributed by atoms with van der Waals surface area (Å²) in [6.07, 6.45) is -0.632. The smallest absolute Gasteiger partial charge is 0.268 e. The van der Waals surface area contributed by atoms with Crippen molar-refractivity contribution >= 4 is 23.2 Å². The lowest BCUT2D eigenvalue weighted by Gasteiger charge is -2.33. The predicted molar refractivity (Wildman–Crippen MR) is 109 cm³/mol. The Morgan fingerprint density at radius 1 is 1.07 bits per heavy atom. The lowest BCUT2D eigenvalue weighted by Crippen LogP contribution is -2.44. The highest BCUT2D eigenvalue weighted by Crippen LogP contribution is 2.37. The molecule has 1 unspecified atom stereocenters. The maximum absolute atomic E-state index is 13.2. The first-order valence-corrected chi connectivity index (χ1v) is 9.24. The van der Waals surface area contributed by atoms with Gasteiger partial charge in [0.15, 0.2) is 6.10 Å². The first-order chi connectivity index (χ1) is 14.0. The third-order valence-electron chi connectivity index (χ3n) is 4.72. The van der Waals surface area contributed by atoms with Crippen molar-refractivity contribution in [3.63, 3.8) is 0 Å². The number of ether oxygens (including phenoxy) is 1. The van der Waals surface area contributed by atoms with Crippen LogP contribution in [-0.2, 0) is 11.3 Å². The average molecular weight is 390 g/mol. The molecule has 146 valence electrons. The van der Waals surface area contributed by atoms with E-state index in [2.05, 4.69) is 5.32 Å². The van der Waals surface area contributed by atoms with Crippen LogP contribution in [0.25, 0.3) is 0 Å². The van der Waals surface area contributed by atoms with Crippen molar-refractivity contribution in [1.82, 2.24) is 0 Å². The molecule has 3 aromatic rings. The van der Waals surface area contributed by atoms with E-state index in [0.717, 1.165) is 5.56 Å². The number of hydrogen-bond acceptors (Lipinski definition) is 3. The standard InChI is InChI=1S/C23H19FN2O3/c1-15-23(28)26(14-16-7-9-18(24)10-8-16)20-13-19(11-12-21(20)29-15)25-22(27)17-5-3-2-4-6-17/h2-13,15H,14H2,1H3,(H,25,27). The summed E-state index contributed by atoms with van der Waals surface area (Å²) in [4.78, 5) is 26.8. The second kappa shape index (κ2) is 7.75. The van der Waals surface area contributed by atoms with Crippen molar-refractivity contribution in [2.45, 2.75) is 19.6 Å². The Hall–Kier alpha value is -3.67. The molecule has 0 radical (unpaired) electrons. The summed E-state index contributed by atoms with van der Waals surface area (Å²) in [5.74, 6) is -0.223. The van der Waals surface area contributed by atoms with Crippen LogP contribution in [0.15, 0.2) is 72.8 Å². The second-order valence-electron chi connectivity index (χ2n) is 6.81. The van der Waals surface area contributed by atoms with Gasteiger partial charge in [0.1, 0.15) is 11.6 Å². The van der Waals surface area contributed by atoms with Crippen LogP contribution in [0.3, 0.4) is 0 Å². The van der Waals surface area contributed by atoms with Crippen LogP contribution in [0.1, 0.15) is 22.8 Å². The van der Waals surface area contributed by atoms with Crippen LogP contribution >= 0.6 is 0 Å². The van der Waals surface area contributed by atoms with E-state index < -0.39 is 6.10 Å². The third kappa shape index (κ3) is 3.96. The Morgan fingerprint density at radius 2 is 1.79 bits per heavy atom. The first-order valence-electron chi connectivity index (χ1n) is 9.24. The first kappa shape index (κ1) is 18.7. The molecular formula is C23H19FN2O3. The van der Waals surface area contributed by atoms with Gasteiger partial charge in [-0.15, -0.1) is 0 Å². The van der Waals surface area contributed by atoms with Gasteiger partial charge >= 0.3 is 0 Å². The van der Waals surface area contributed by atoms with Crippen LogP contribution in [-0.4, -0.2) is 17.9 Å². The van der Waals surface area contributed by atoms with E-state index in [1.807, 2.05) is 6.07 Å². The Balaban J connectivity index is 1.63. The highest BCUT2D eigenvalue weighted by Gasteiger charge is 2.31. The SMILES string of the molecule is CC1Oc2ccc(NC(=O)c3ccccc3)cc2N(Cc2ccc(F)cc2)C1=O. The summed E-state index contributed by atoms with van der Waals surface area (Å²) >= 11 is 0. The lowest BCUT2D eigenvalue weighted by molar-refractivity contribution is -0.125. The summed E-state index contributed by atoms with van der Waals surface area (Å²) in [6.45, 7) is 1.96. The molecule has 3 aromatic carbocycles. The van der Waals surface area contributed by atoms with Crippen LogP contribution < -0.4 is 15.0 Å². The van der Waals surface area contributed by atoms with Gasteiger partial charge in [-0.25, -0.2) is 4.39 Å². The van der Waals surface area contributed by atoms with Crippen molar-refractivity contribution in [3.05, 3.63) is 89.7 Å². The lowest BCUT2D eigenvalue weighted by atomic mass is 10.1. The zero-order valence-electron chi connectivity index (χ0n) is 15.8. The number of rotatable bonds is 4. The number of fused-ring (bicyclic) bond motifs is 1. The monoisotopic (exact) mass is 390 g/mol. The zero-order valence-corrected chi connectivity index (χ0v) is 15.8. The minimum atomic E-state index is -0.632. The molecule has 1 N–H and O–H groups in total. The highest BCUT2D eigenvalue weighted by atomic mass is 19.1. The number of hydrogen-bond donors (Lipinski definition) is 1. The molecule has 5 nitrogen and oxygen atoms in total. The number of anilines is 2. The molecule has 0 spiro atoms. The molecule has 2 amide bonds. The van der Waals surface area contributed by atoms with Gasteiger partial charge in [0.2, 0.25) is 0 Å². The minimum absolute atomic E-state index is 0.201. The van der Waals surface area contributed by atoms with E-state index in [0.29, 0.717) is 22.7 Å². The molecule has 29 heavy (non-hydrogen) atoms. The molecule has 4 rings (SSSR count). The van der Waals surface area contributed by atoms with E-state index in [-0.39, 0.29) is 24.2 Å². The largest absolute Gasteiger partial charge is 0.479 e. The normalized spacial score (nSPS) is 15.4. The molecule has 0 aliphatic carbocycles. The molecule has 0 fully saturated rings. The third-order valence-corrected chi connectivity index (χ3v) is 4.72. The second-order valence-corrected chi connectivity index (χ2v) is 6.81. The molecule has 0 aromatic heterocycles. The zero-order chi connectivity index (χ0) is 20.4. The minimum Gasteiger partial charge on any atom is -0.479 e. The number of nitrogens with zero attached hydrogens (tertiary/aromatic N) is 1. The molecular weight excluding hydrogens is 371 g/mol. The van der Waals surface area contributed by atoms with Crippen molar-refractivity contribution in [3.8, 4) is 5.75 Å². The molecule has 1 aliphatic rings. The molecule has 0 saturated heterocycles. The molecule has 6 heteroatoms. The Bertz CT molecular complexity index is 1050. The van der Waals surface area contributed by atoms with Gasteiger partial charge in [-0.3, -0.25) is 9.59 Å². The van der Waals surface area contributed by atoms with Crippen LogP contribution in [0.5, 0.6) is 5.75 Å². The summed E-state index contributed by atoms with van der Waals surface area (Å²) in [5, 5.41) is 2.84. The van der Waals surface area contributed by atoms with Gasteiger partial charge in [-0.1, -0.05) is 30.3 Å². The number of amides is 2. The van der Waals surface area contributed by atoms with Crippen molar-refractivity contribution < 1.29 is 18.7 Å². The molecule has 0 bridgehead atoms. The van der Waals surface area contributed by atoms with E-state index in [9.17, 15) is 14.0 Å². The predicted octanol–water partition coefficient (Wildman–Crippen LogP) is 4.39. The maximum Gasteiger partial charge on any atom is 0.268 e. The summed E-state index contributed by atoms with van der Waals surface area (Å²) < 4.78 is 18.9. The van der Waals surface area contributed by atoms with E-state index in [4.69, 9.17) is 4.74 Å². The van der Waals surface area contributed by atoms with Gasteiger partial charge in [0.25, 0.3) is 11.8 Å². The topological polar surface area (TPSA) is 58.6 Å². The quantitative estimate of drug-likeness (QED) is 0.719. The fourth-order valence-corrected chi connectivity index (χ4v) is 3.21.